The van der Waals surface area contributed by atoms with E-state index in [0.29, 0.717) is 6.04 Å². The molecule has 0 aliphatic heterocycles. The molecule has 0 radical (unpaired) electrons. The maximum absolute atomic E-state index is 3.51. The fraction of sp³-hybridized carbons (Fsp3) is 0.333. The van der Waals surface area contributed by atoms with Crippen molar-refractivity contribution in [3.63, 3.8) is 0 Å². The summed E-state index contributed by atoms with van der Waals surface area (Å²) in [7, 11) is 0. The van der Waals surface area contributed by atoms with Gasteiger partial charge in [-0.2, -0.15) is 0 Å². The number of nitrogens with one attached hydrogen (secondary N) is 1. The molecule has 1 unspecified atom stereocenters. The molecule has 0 aliphatic rings. The van der Waals surface area contributed by atoms with Crippen LogP contribution in [-0.2, 0) is 5.75 Å². The summed E-state index contributed by atoms with van der Waals surface area (Å²) in [5, 5.41) is 3.45. The van der Waals surface area contributed by atoms with Gasteiger partial charge >= 0.3 is 0 Å². The maximum Gasteiger partial charge on any atom is 0.0701 e. The molecule has 1 heterocycles. The van der Waals surface area contributed by atoms with Crippen molar-refractivity contribution in [3.8, 4) is 0 Å². The van der Waals surface area contributed by atoms with Crippen LogP contribution in [0.2, 0.25) is 0 Å². The molecule has 1 N–H and O–H groups in total. The molecular formula is C15H18BrNS2. The Hall–Kier alpha value is -0.290. The number of benzene rings is 1. The van der Waals surface area contributed by atoms with Crippen LogP contribution in [-0.4, -0.2) is 6.54 Å². The van der Waals surface area contributed by atoms with E-state index in [1.165, 1.54) is 19.1 Å². The largest absolute Gasteiger partial charge is 0.310 e. The molecule has 19 heavy (non-hydrogen) atoms. The lowest BCUT2D eigenvalue weighted by Crippen LogP contribution is -2.17. The van der Waals surface area contributed by atoms with Gasteiger partial charge in [0.05, 0.1) is 3.79 Å². The van der Waals surface area contributed by atoms with Crippen molar-refractivity contribution < 1.29 is 0 Å². The molecule has 0 saturated heterocycles. The normalized spacial score (nSPS) is 12.6. The zero-order valence-corrected chi connectivity index (χ0v) is 14.4. The zero-order chi connectivity index (χ0) is 13.7. The third kappa shape index (κ3) is 4.63. The highest BCUT2D eigenvalue weighted by Gasteiger charge is 2.05. The third-order valence-corrected chi connectivity index (χ3v) is 5.73. The minimum absolute atomic E-state index is 0.418. The first kappa shape index (κ1) is 15.1. The van der Waals surface area contributed by atoms with E-state index in [0.717, 1.165) is 12.3 Å². The van der Waals surface area contributed by atoms with Crippen LogP contribution in [0.15, 0.2) is 45.1 Å². The average molecular weight is 356 g/mol. The molecule has 2 aromatic rings. The fourth-order valence-electron chi connectivity index (χ4n) is 1.88. The Morgan fingerprint density at radius 1 is 1.32 bits per heavy atom. The van der Waals surface area contributed by atoms with Gasteiger partial charge in [0.2, 0.25) is 0 Å². The summed E-state index contributed by atoms with van der Waals surface area (Å²) in [6.45, 7) is 5.36. The Morgan fingerprint density at radius 2 is 2.16 bits per heavy atom. The Balaban J connectivity index is 1.98. The van der Waals surface area contributed by atoms with Gasteiger partial charge in [-0.3, -0.25) is 0 Å². The molecule has 1 aromatic carbocycles. The summed E-state index contributed by atoms with van der Waals surface area (Å²) in [6, 6.07) is 13.5. The lowest BCUT2D eigenvalue weighted by Gasteiger charge is -2.13. The Bertz CT molecular complexity index is 524. The first-order valence-electron chi connectivity index (χ1n) is 6.39. The molecule has 0 saturated carbocycles. The first-order valence-corrected chi connectivity index (χ1v) is 8.99. The Labute approximate surface area is 131 Å². The van der Waals surface area contributed by atoms with Gasteiger partial charge in [-0.25, -0.2) is 0 Å². The maximum atomic E-state index is 3.51. The summed E-state index contributed by atoms with van der Waals surface area (Å²) < 4.78 is 1.21. The van der Waals surface area contributed by atoms with Gasteiger partial charge in [0.1, 0.15) is 0 Å². The van der Waals surface area contributed by atoms with Crippen LogP contribution in [0.5, 0.6) is 0 Å². The van der Waals surface area contributed by atoms with Gasteiger partial charge < -0.3 is 5.32 Å². The van der Waals surface area contributed by atoms with E-state index >= 15 is 0 Å². The van der Waals surface area contributed by atoms with Crippen molar-refractivity contribution in [3.05, 3.63) is 50.6 Å². The number of rotatable bonds is 6. The highest BCUT2D eigenvalue weighted by atomic mass is 79.9. The molecule has 0 bridgehead atoms. The molecule has 102 valence electrons. The number of hydrogen-bond acceptors (Lipinski definition) is 3. The van der Waals surface area contributed by atoms with Crippen molar-refractivity contribution in [2.75, 3.05) is 6.54 Å². The van der Waals surface area contributed by atoms with Crippen molar-refractivity contribution in [1.29, 1.82) is 0 Å². The number of thioether (sulfide) groups is 1. The standard InChI is InChI=1S/C15H18BrNS2/c1-3-17-11(2)12-5-4-6-13(9-12)18-10-14-7-8-15(16)19-14/h4-9,11,17H,3,10H2,1-2H3. The molecule has 1 nitrogen and oxygen atoms in total. The van der Waals surface area contributed by atoms with Crippen LogP contribution >= 0.6 is 39.0 Å². The molecule has 1 aromatic heterocycles. The number of halogens is 1. The minimum Gasteiger partial charge on any atom is -0.310 e. The third-order valence-electron chi connectivity index (χ3n) is 2.88. The molecular weight excluding hydrogens is 338 g/mol. The number of hydrogen-bond donors (Lipinski definition) is 1. The SMILES string of the molecule is CCNC(C)c1cccc(SCc2ccc(Br)s2)c1. The Kier molecular flexibility index (Phi) is 5.95. The van der Waals surface area contributed by atoms with Crippen LogP contribution in [0.25, 0.3) is 0 Å². The van der Waals surface area contributed by atoms with E-state index in [9.17, 15) is 0 Å². The summed E-state index contributed by atoms with van der Waals surface area (Å²) in [6.07, 6.45) is 0. The molecule has 0 spiro atoms. The van der Waals surface area contributed by atoms with Gasteiger partial charge in [-0.05, 0) is 59.2 Å². The van der Waals surface area contributed by atoms with E-state index < -0.39 is 0 Å². The summed E-state index contributed by atoms with van der Waals surface area (Å²) >= 11 is 7.21. The highest BCUT2D eigenvalue weighted by molar-refractivity contribution is 9.11. The molecule has 0 amide bonds. The summed E-state index contributed by atoms with van der Waals surface area (Å²) in [5.41, 5.74) is 1.36. The molecule has 2 rings (SSSR count). The second-order valence-corrected chi connectivity index (χ2v) is 7.94. The van der Waals surface area contributed by atoms with E-state index in [-0.39, 0.29) is 0 Å². The van der Waals surface area contributed by atoms with E-state index in [1.54, 1.807) is 0 Å². The molecule has 4 heteroatoms. The first-order chi connectivity index (χ1) is 9.19. The van der Waals surface area contributed by atoms with Gasteiger partial charge in [-0.15, -0.1) is 23.1 Å². The average Bonchev–Trinajstić information content (AvgIpc) is 2.83. The predicted molar refractivity (Wildman–Crippen MR) is 90.1 cm³/mol. The van der Waals surface area contributed by atoms with E-state index in [4.69, 9.17) is 0 Å². The number of thiophene rings is 1. The van der Waals surface area contributed by atoms with Gasteiger partial charge in [0, 0.05) is 21.6 Å². The van der Waals surface area contributed by atoms with Crippen molar-refractivity contribution in [2.24, 2.45) is 0 Å². The van der Waals surface area contributed by atoms with Crippen LogP contribution in [0, 0.1) is 0 Å². The van der Waals surface area contributed by atoms with Crippen molar-refractivity contribution >= 4 is 39.0 Å². The molecule has 0 fully saturated rings. The van der Waals surface area contributed by atoms with Gasteiger partial charge in [0.25, 0.3) is 0 Å². The molecule has 0 aliphatic carbocycles. The Morgan fingerprint density at radius 3 is 2.84 bits per heavy atom. The smallest absolute Gasteiger partial charge is 0.0701 e. The molecule has 1 atom stereocenters. The highest BCUT2D eigenvalue weighted by Crippen LogP contribution is 2.30. The van der Waals surface area contributed by atoms with Crippen molar-refractivity contribution in [2.45, 2.75) is 30.5 Å². The lowest BCUT2D eigenvalue weighted by atomic mass is 10.1. The fourth-order valence-corrected chi connectivity index (χ4v) is 4.37. The predicted octanol–water partition coefficient (Wildman–Crippen LogP) is 5.47. The van der Waals surface area contributed by atoms with Crippen LogP contribution < -0.4 is 5.32 Å². The minimum atomic E-state index is 0.418. The lowest BCUT2D eigenvalue weighted by molar-refractivity contribution is 0.597. The quantitative estimate of drug-likeness (QED) is 0.689. The summed E-state index contributed by atoms with van der Waals surface area (Å²) in [4.78, 5) is 2.74. The van der Waals surface area contributed by atoms with Gasteiger partial charge in [0.15, 0.2) is 0 Å². The summed E-state index contributed by atoms with van der Waals surface area (Å²) in [5.74, 6) is 1.04. The second-order valence-electron chi connectivity index (χ2n) is 4.35. The van der Waals surface area contributed by atoms with Gasteiger partial charge in [-0.1, -0.05) is 19.1 Å². The van der Waals surface area contributed by atoms with Crippen LogP contribution in [0.4, 0.5) is 0 Å². The van der Waals surface area contributed by atoms with Crippen molar-refractivity contribution in [1.82, 2.24) is 5.32 Å². The second kappa shape index (κ2) is 7.48. The monoisotopic (exact) mass is 355 g/mol. The van der Waals surface area contributed by atoms with Crippen LogP contribution in [0.1, 0.15) is 30.3 Å². The zero-order valence-electron chi connectivity index (χ0n) is 11.2. The van der Waals surface area contributed by atoms with Crippen LogP contribution in [0.3, 0.4) is 0 Å². The van der Waals surface area contributed by atoms with E-state index in [1.807, 2.05) is 23.1 Å². The topological polar surface area (TPSA) is 12.0 Å². The van der Waals surface area contributed by atoms with E-state index in [2.05, 4.69) is 71.5 Å².